The topological polar surface area (TPSA) is 45.6 Å². The largest absolute Gasteiger partial charge is 0.481 e. The van der Waals surface area contributed by atoms with Crippen LogP contribution in [-0.4, -0.2) is 35.3 Å². The Kier molecular flexibility index (Phi) is 5.53. The van der Waals surface area contributed by atoms with Crippen molar-refractivity contribution in [1.82, 2.24) is 9.88 Å². The van der Waals surface area contributed by atoms with E-state index in [1.165, 1.54) is 5.56 Å². The molecule has 0 fully saturated rings. The van der Waals surface area contributed by atoms with Crippen LogP contribution < -0.4 is 4.74 Å². The number of nitrogens with zero attached hydrogens (tertiary/aromatic N) is 2. The lowest BCUT2D eigenvalue weighted by Crippen LogP contribution is -2.26. The van der Waals surface area contributed by atoms with Crippen LogP contribution in [0.15, 0.2) is 48.7 Å². The summed E-state index contributed by atoms with van der Waals surface area (Å²) in [7, 11) is 1.62. The van der Waals surface area contributed by atoms with E-state index in [0.717, 1.165) is 12.1 Å². The van der Waals surface area contributed by atoms with Crippen LogP contribution in [0.4, 0.5) is 0 Å². The van der Waals surface area contributed by atoms with Gasteiger partial charge in [0.2, 0.25) is 5.88 Å². The van der Waals surface area contributed by atoms with Crippen LogP contribution in [0.1, 0.15) is 11.1 Å². The van der Waals surface area contributed by atoms with Crippen LogP contribution in [0.25, 0.3) is 0 Å². The number of rotatable bonds is 7. The van der Waals surface area contributed by atoms with Crippen LogP contribution in [0.2, 0.25) is 0 Å². The van der Waals surface area contributed by atoms with Crippen LogP contribution in [-0.2, 0) is 13.1 Å². The molecular formula is C16H20N2O2. The molecule has 1 heterocycles. The van der Waals surface area contributed by atoms with Gasteiger partial charge < -0.3 is 9.84 Å². The van der Waals surface area contributed by atoms with Crippen LogP contribution >= 0.6 is 0 Å². The Morgan fingerprint density at radius 3 is 2.60 bits per heavy atom. The second-order valence-electron chi connectivity index (χ2n) is 4.59. The van der Waals surface area contributed by atoms with Gasteiger partial charge in [-0.3, -0.25) is 4.90 Å². The van der Waals surface area contributed by atoms with Crippen molar-refractivity contribution in [2.75, 3.05) is 20.3 Å². The van der Waals surface area contributed by atoms with Gasteiger partial charge in [0.15, 0.2) is 0 Å². The molecule has 0 saturated heterocycles. The predicted octanol–water partition coefficient (Wildman–Crippen LogP) is 2.08. The predicted molar refractivity (Wildman–Crippen MR) is 78.4 cm³/mol. The highest BCUT2D eigenvalue weighted by Gasteiger charge is 2.10. The highest BCUT2D eigenvalue weighted by Crippen LogP contribution is 2.17. The molecule has 0 spiro atoms. The van der Waals surface area contributed by atoms with E-state index in [2.05, 4.69) is 22.0 Å². The van der Waals surface area contributed by atoms with E-state index in [0.29, 0.717) is 19.0 Å². The minimum Gasteiger partial charge on any atom is -0.481 e. The SMILES string of the molecule is COc1ncccc1CN(CCO)Cc1ccccc1. The van der Waals surface area contributed by atoms with Gasteiger partial charge in [-0.2, -0.15) is 0 Å². The van der Waals surface area contributed by atoms with Crippen molar-refractivity contribution in [3.63, 3.8) is 0 Å². The maximum atomic E-state index is 9.23. The molecule has 2 aromatic rings. The summed E-state index contributed by atoms with van der Waals surface area (Å²) in [6.07, 6.45) is 1.72. The molecule has 0 aliphatic carbocycles. The summed E-state index contributed by atoms with van der Waals surface area (Å²) in [5, 5.41) is 9.23. The maximum absolute atomic E-state index is 9.23. The molecule has 0 unspecified atom stereocenters. The van der Waals surface area contributed by atoms with E-state index in [9.17, 15) is 5.11 Å². The fraction of sp³-hybridized carbons (Fsp3) is 0.312. The Morgan fingerprint density at radius 2 is 1.90 bits per heavy atom. The van der Waals surface area contributed by atoms with Crippen molar-refractivity contribution in [1.29, 1.82) is 0 Å². The Balaban J connectivity index is 2.09. The smallest absolute Gasteiger partial charge is 0.217 e. The fourth-order valence-corrected chi connectivity index (χ4v) is 2.17. The minimum atomic E-state index is 0.134. The number of aliphatic hydroxyl groups is 1. The molecular weight excluding hydrogens is 252 g/mol. The molecule has 1 aromatic carbocycles. The summed E-state index contributed by atoms with van der Waals surface area (Å²) in [5.74, 6) is 0.642. The number of methoxy groups -OCH3 is 1. The summed E-state index contributed by atoms with van der Waals surface area (Å²) in [4.78, 5) is 6.38. The van der Waals surface area contributed by atoms with E-state index < -0.39 is 0 Å². The first-order valence-corrected chi connectivity index (χ1v) is 6.68. The van der Waals surface area contributed by atoms with E-state index >= 15 is 0 Å². The highest BCUT2D eigenvalue weighted by atomic mass is 16.5. The molecule has 0 bridgehead atoms. The molecule has 1 N–H and O–H groups in total. The van der Waals surface area contributed by atoms with Gasteiger partial charge in [0, 0.05) is 31.4 Å². The first-order valence-electron chi connectivity index (χ1n) is 6.68. The Bertz CT molecular complexity index is 517. The first-order chi connectivity index (χ1) is 9.83. The van der Waals surface area contributed by atoms with Gasteiger partial charge in [-0.1, -0.05) is 36.4 Å². The molecule has 0 aliphatic rings. The summed E-state index contributed by atoms with van der Waals surface area (Å²) < 4.78 is 5.27. The summed E-state index contributed by atoms with van der Waals surface area (Å²) in [5.41, 5.74) is 2.25. The van der Waals surface area contributed by atoms with Crippen LogP contribution in [0.3, 0.4) is 0 Å². The van der Waals surface area contributed by atoms with Crippen molar-refractivity contribution in [2.45, 2.75) is 13.1 Å². The molecule has 4 heteroatoms. The zero-order chi connectivity index (χ0) is 14.2. The van der Waals surface area contributed by atoms with Gasteiger partial charge in [0.1, 0.15) is 0 Å². The van der Waals surface area contributed by atoms with Crippen molar-refractivity contribution in [2.24, 2.45) is 0 Å². The quantitative estimate of drug-likeness (QED) is 0.838. The molecule has 2 rings (SSSR count). The normalized spacial score (nSPS) is 10.8. The highest BCUT2D eigenvalue weighted by molar-refractivity contribution is 5.25. The molecule has 106 valence electrons. The second kappa shape index (κ2) is 7.62. The van der Waals surface area contributed by atoms with E-state index in [1.807, 2.05) is 30.3 Å². The average molecular weight is 272 g/mol. The lowest BCUT2D eigenvalue weighted by molar-refractivity contribution is 0.182. The Morgan fingerprint density at radius 1 is 1.10 bits per heavy atom. The molecule has 0 radical (unpaired) electrons. The van der Waals surface area contributed by atoms with E-state index in [-0.39, 0.29) is 6.61 Å². The molecule has 4 nitrogen and oxygen atoms in total. The summed E-state index contributed by atoms with van der Waals surface area (Å²) in [6, 6.07) is 14.1. The van der Waals surface area contributed by atoms with Gasteiger partial charge in [0.05, 0.1) is 13.7 Å². The van der Waals surface area contributed by atoms with Crippen molar-refractivity contribution >= 4 is 0 Å². The average Bonchev–Trinajstić information content (AvgIpc) is 2.49. The standard InChI is InChI=1S/C16H20N2O2/c1-20-16-15(8-5-9-17-16)13-18(10-11-19)12-14-6-3-2-4-7-14/h2-9,19H,10-13H2,1H3. The number of ether oxygens (including phenoxy) is 1. The monoisotopic (exact) mass is 272 g/mol. The van der Waals surface area contributed by atoms with Crippen molar-refractivity contribution in [3.8, 4) is 5.88 Å². The lowest BCUT2D eigenvalue weighted by Gasteiger charge is -2.22. The van der Waals surface area contributed by atoms with Gasteiger partial charge in [-0.15, -0.1) is 0 Å². The Hall–Kier alpha value is -1.91. The van der Waals surface area contributed by atoms with Crippen LogP contribution in [0.5, 0.6) is 5.88 Å². The van der Waals surface area contributed by atoms with Gasteiger partial charge in [-0.25, -0.2) is 4.98 Å². The van der Waals surface area contributed by atoms with Crippen molar-refractivity contribution in [3.05, 3.63) is 59.8 Å². The lowest BCUT2D eigenvalue weighted by atomic mass is 10.2. The Labute approximate surface area is 119 Å². The first kappa shape index (κ1) is 14.5. The number of benzene rings is 1. The molecule has 20 heavy (non-hydrogen) atoms. The second-order valence-corrected chi connectivity index (χ2v) is 4.59. The molecule has 0 saturated carbocycles. The third kappa shape index (κ3) is 4.05. The molecule has 0 atom stereocenters. The number of hydrogen-bond donors (Lipinski definition) is 1. The third-order valence-corrected chi connectivity index (χ3v) is 3.10. The van der Waals surface area contributed by atoms with E-state index in [4.69, 9.17) is 4.74 Å². The fourth-order valence-electron chi connectivity index (χ4n) is 2.17. The zero-order valence-electron chi connectivity index (χ0n) is 11.7. The summed E-state index contributed by atoms with van der Waals surface area (Å²) >= 11 is 0. The minimum absolute atomic E-state index is 0.134. The number of aliphatic hydroxyl groups excluding tert-OH is 1. The van der Waals surface area contributed by atoms with Crippen LogP contribution in [0, 0.1) is 0 Å². The third-order valence-electron chi connectivity index (χ3n) is 3.10. The molecule has 0 aliphatic heterocycles. The van der Waals surface area contributed by atoms with Gasteiger partial charge in [0.25, 0.3) is 0 Å². The zero-order valence-corrected chi connectivity index (χ0v) is 11.7. The number of aromatic nitrogens is 1. The number of pyridine rings is 1. The summed E-state index contributed by atoms with van der Waals surface area (Å²) in [6.45, 7) is 2.24. The van der Waals surface area contributed by atoms with Crippen molar-refractivity contribution < 1.29 is 9.84 Å². The van der Waals surface area contributed by atoms with Gasteiger partial charge >= 0.3 is 0 Å². The van der Waals surface area contributed by atoms with E-state index in [1.54, 1.807) is 13.3 Å². The maximum Gasteiger partial charge on any atom is 0.217 e. The van der Waals surface area contributed by atoms with Gasteiger partial charge in [-0.05, 0) is 11.6 Å². The molecule has 1 aromatic heterocycles. The number of hydrogen-bond acceptors (Lipinski definition) is 4. The molecule has 0 amide bonds.